The molecule has 0 heterocycles. The number of benzene rings is 4. The Bertz CT molecular complexity index is 1430. The summed E-state index contributed by atoms with van der Waals surface area (Å²) in [5.74, 6) is 0. The summed E-state index contributed by atoms with van der Waals surface area (Å²) in [6, 6.07) is 20.4. The second kappa shape index (κ2) is 6.63. The topological polar surface area (TPSA) is 86.3 Å². The first-order valence-electron chi connectivity index (χ1n) is 9.31. The van der Waals surface area contributed by atoms with Crippen molar-refractivity contribution in [2.24, 2.45) is 0 Å². The fourth-order valence-corrected chi connectivity index (χ4v) is 4.14. The summed E-state index contributed by atoms with van der Waals surface area (Å²) in [4.78, 5) is 21.0. The maximum atomic E-state index is 10.8. The highest BCUT2D eigenvalue weighted by Gasteiger charge is 2.24. The number of nitro benzene ring substituents is 1. The van der Waals surface area contributed by atoms with Crippen LogP contribution in [-0.2, 0) is 0 Å². The highest BCUT2D eigenvalue weighted by molar-refractivity contribution is 6.08. The maximum absolute atomic E-state index is 10.8. The van der Waals surface area contributed by atoms with E-state index in [4.69, 9.17) is 0 Å². The second-order valence-corrected chi connectivity index (χ2v) is 7.07. The van der Waals surface area contributed by atoms with Gasteiger partial charge in [0, 0.05) is 22.9 Å². The van der Waals surface area contributed by atoms with E-state index in [1.165, 1.54) is 0 Å². The second-order valence-electron chi connectivity index (χ2n) is 7.07. The quantitative estimate of drug-likeness (QED) is 0.265. The molecule has 0 unspecified atom stereocenters. The average Bonchev–Trinajstić information content (AvgIpc) is 3.34. The van der Waals surface area contributed by atoms with Gasteiger partial charge in [-0.25, -0.2) is 0 Å². The van der Waals surface area contributed by atoms with E-state index >= 15 is 0 Å². The molecule has 6 nitrogen and oxygen atoms in total. The highest BCUT2D eigenvalue weighted by atomic mass is 16.6. The van der Waals surface area contributed by atoms with E-state index < -0.39 is 0 Å². The molecule has 0 N–H and O–H groups in total. The molecule has 30 heavy (non-hydrogen) atoms. The van der Waals surface area contributed by atoms with Crippen molar-refractivity contribution in [2.45, 2.75) is 0 Å². The predicted molar refractivity (Wildman–Crippen MR) is 118 cm³/mol. The van der Waals surface area contributed by atoms with Gasteiger partial charge in [-0.3, -0.25) is 20.2 Å². The van der Waals surface area contributed by atoms with Crippen LogP contribution in [0.2, 0.25) is 0 Å². The summed E-state index contributed by atoms with van der Waals surface area (Å²) in [6.07, 6.45) is 5.61. The molecule has 144 valence electrons. The Morgan fingerprint density at radius 1 is 0.633 bits per heavy atom. The molecule has 4 aromatic carbocycles. The number of nitro groups is 2. The van der Waals surface area contributed by atoms with Crippen LogP contribution in [0.1, 0.15) is 22.3 Å². The van der Waals surface area contributed by atoms with Crippen LogP contribution in [0.3, 0.4) is 0 Å². The van der Waals surface area contributed by atoms with Crippen LogP contribution in [-0.4, -0.2) is 9.85 Å². The van der Waals surface area contributed by atoms with Crippen LogP contribution in [0, 0.1) is 20.2 Å². The normalized spacial score (nSPS) is 12.6. The summed E-state index contributed by atoms with van der Waals surface area (Å²) in [5.41, 5.74) is 4.17. The van der Waals surface area contributed by atoms with Crippen LogP contribution in [0.5, 0.6) is 0 Å². The third kappa shape index (κ3) is 2.66. The third-order valence-corrected chi connectivity index (χ3v) is 5.42. The number of nitrogens with zero attached hydrogens (tertiary/aromatic N) is 2. The van der Waals surface area contributed by atoms with E-state index in [9.17, 15) is 20.2 Å². The van der Waals surface area contributed by atoms with Crippen molar-refractivity contribution in [1.29, 1.82) is 0 Å². The van der Waals surface area contributed by atoms with Gasteiger partial charge in [0.2, 0.25) is 0 Å². The van der Waals surface area contributed by atoms with Crippen LogP contribution in [0.15, 0.2) is 66.7 Å². The Hall–Kier alpha value is -4.32. The van der Waals surface area contributed by atoms with Crippen molar-refractivity contribution in [3.63, 3.8) is 0 Å². The fourth-order valence-electron chi connectivity index (χ4n) is 4.14. The third-order valence-electron chi connectivity index (χ3n) is 5.42. The Kier molecular flexibility index (Phi) is 3.93. The van der Waals surface area contributed by atoms with Crippen LogP contribution < -0.4 is 0 Å². The lowest BCUT2D eigenvalue weighted by Gasteiger charge is -2.02. The van der Waals surface area contributed by atoms with Crippen molar-refractivity contribution in [3.05, 3.63) is 109 Å². The zero-order chi connectivity index (χ0) is 20.8. The van der Waals surface area contributed by atoms with Crippen molar-refractivity contribution in [1.82, 2.24) is 0 Å². The van der Waals surface area contributed by atoms with E-state index in [2.05, 4.69) is 0 Å². The van der Waals surface area contributed by atoms with Gasteiger partial charge in [0.15, 0.2) is 0 Å². The molecule has 0 bridgehead atoms. The molecular formula is C24H14N2O4. The largest absolute Gasteiger partial charge is 0.277 e. The maximum Gasteiger partial charge on any atom is 0.277 e. The standard InChI is InChI=1S/2C12H7NO2/c14-13(15)11-7-9-5-1-3-8-4-2-6-10(11)12(8)9;14-13(15)11-7-6-9-5-4-8-2-1-3-10(11)12(8)9/h2*1-7H. The lowest BCUT2D eigenvalue weighted by atomic mass is 10.0. The van der Waals surface area contributed by atoms with Gasteiger partial charge in [-0.15, -0.1) is 0 Å². The van der Waals surface area contributed by atoms with Crippen LogP contribution >= 0.6 is 0 Å². The molecule has 0 saturated carbocycles. The van der Waals surface area contributed by atoms with E-state index in [-0.39, 0.29) is 21.2 Å². The predicted octanol–water partition coefficient (Wildman–Crippen LogP) is 6.16. The van der Waals surface area contributed by atoms with E-state index in [0.29, 0.717) is 0 Å². The van der Waals surface area contributed by atoms with Gasteiger partial charge < -0.3 is 0 Å². The van der Waals surface area contributed by atoms with Gasteiger partial charge in [0.25, 0.3) is 11.4 Å². The highest BCUT2D eigenvalue weighted by Crippen LogP contribution is 2.37. The van der Waals surface area contributed by atoms with Crippen LogP contribution in [0.25, 0.3) is 45.5 Å². The first-order chi connectivity index (χ1) is 14.5. The van der Waals surface area contributed by atoms with Crippen molar-refractivity contribution in [3.8, 4) is 0 Å². The van der Waals surface area contributed by atoms with Crippen LogP contribution in [0.4, 0.5) is 5.69 Å². The fraction of sp³-hybridized carbons (Fsp3) is 0. The molecule has 0 spiro atoms. The monoisotopic (exact) mass is 394 g/mol. The molecule has 0 atom stereocenters. The average molecular weight is 394 g/mol. The minimum atomic E-state index is -0.332. The first-order valence-corrected chi connectivity index (χ1v) is 9.31. The molecule has 4 aromatic rings. The molecule has 0 saturated heterocycles. The van der Waals surface area contributed by atoms with Crippen molar-refractivity contribution < 1.29 is 9.85 Å². The lowest BCUT2D eigenvalue weighted by molar-refractivity contribution is -0.383. The van der Waals surface area contributed by atoms with Gasteiger partial charge in [-0.05, 0) is 40.3 Å². The van der Waals surface area contributed by atoms with Gasteiger partial charge in [0.05, 0.1) is 20.8 Å². The Morgan fingerprint density at radius 2 is 1.30 bits per heavy atom. The SMILES string of the molecule is O=[N+]([O-])C1=Cc2cccc3cccc1c23.O=[N+]([O-])c1ccc2c3c(cccc13)C=C2. The number of hydrogen-bond donors (Lipinski definition) is 0. The van der Waals surface area contributed by atoms with Crippen molar-refractivity contribution >= 4 is 51.2 Å². The Balaban J connectivity index is 0.000000128. The summed E-state index contributed by atoms with van der Waals surface area (Å²) in [7, 11) is 0. The van der Waals surface area contributed by atoms with Gasteiger partial charge >= 0.3 is 0 Å². The molecule has 0 amide bonds. The molecule has 0 radical (unpaired) electrons. The lowest BCUT2D eigenvalue weighted by Crippen LogP contribution is -1.94. The Morgan fingerprint density at radius 3 is 2.03 bits per heavy atom. The van der Waals surface area contributed by atoms with E-state index in [1.54, 1.807) is 30.3 Å². The Labute approximate surface area is 170 Å². The minimum Gasteiger partial charge on any atom is -0.258 e. The first kappa shape index (κ1) is 17.8. The summed E-state index contributed by atoms with van der Waals surface area (Å²) < 4.78 is 0. The smallest absolute Gasteiger partial charge is 0.258 e. The van der Waals surface area contributed by atoms with Gasteiger partial charge in [-0.1, -0.05) is 54.6 Å². The number of rotatable bonds is 2. The molecule has 0 aromatic heterocycles. The number of hydrogen-bond acceptors (Lipinski definition) is 4. The molecular weight excluding hydrogens is 380 g/mol. The molecule has 2 aliphatic rings. The zero-order valence-corrected chi connectivity index (χ0v) is 15.6. The zero-order valence-electron chi connectivity index (χ0n) is 15.6. The summed E-state index contributed by atoms with van der Waals surface area (Å²) >= 11 is 0. The summed E-state index contributed by atoms with van der Waals surface area (Å²) in [5, 5.41) is 25.5. The van der Waals surface area contributed by atoms with Gasteiger partial charge in [0.1, 0.15) is 0 Å². The van der Waals surface area contributed by atoms with E-state index in [0.717, 1.165) is 43.8 Å². The number of non-ortho nitro benzene ring substituents is 1. The molecule has 6 heteroatoms. The van der Waals surface area contributed by atoms with Crippen molar-refractivity contribution in [2.75, 3.05) is 0 Å². The molecule has 0 fully saturated rings. The molecule has 6 rings (SSSR count). The minimum absolute atomic E-state index is 0.180. The summed E-state index contributed by atoms with van der Waals surface area (Å²) in [6.45, 7) is 0. The molecule has 2 aliphatic carbocycles. The molecule has 0 aliphatic heterocycles. The van der Waals surface area contributed by atoms with Gasteiger partial charge in [-0.2, -0.15) is 0 Å². The van der Waals surface area contributed by atoms with E-state index in [1.807, 2.05) is 54.6 Å².